The molecule has 1 atom stereocenters. The molecule has 3 rings (SSSR count). The van der Waals surface area contributed by atoms with Gasteiger partial charge < -0.3 is 9.80 Å². The summed E-state index contributed by atoms with van der Waals surface area (Å²) in [4.78, 5) is 25.8. The van der Waals surface area contributed by atoms with E-state index in [0.29, 0.717) is 11.6 Å². The lowest BCUT2D eigenvalue weighted by Gasteiger charge is -2.30. The zero-order valence-electron chi connectivity index (χ0n) is 13.5. The molecule has 0 bridgehead atoms. The van der Waals surface area contributed by atoms with Gasteiger partial charge in [-0.3, -0.25) is 4.79 Å². The molecule has 120 valence electrons. The Morgan fingerprint density at radius 3 is 2.64 bits per heavy atom. The summed E-state index contributed by atoms with van der Waals surface area (Å²) >= 11 is 0. The fraction of sp³-hybridized carbons (Fsp3) is 0.706. The first-order chi connectivity index (χ1) is 10.7. The van der Waals surface area contributed by atoms with Crippen molar-refractivity contribution in [3.8, 4) is 0 Å². The molecule has 3 heterocycles. The van der Waals surface area contributed by atoms with Crippen molar-refractivity contribution in [1.29, 1.82) is 0 Å². The maximum atomic E-state index is 12.7. The highest BCUT2D eigenvalue weighted by Crippen LogP contribution is 2.19. The Morgan fingerprint density at radius 1 is 1.14 bits per heavy atom. The Kier molecular flexibility index (Phi) is 4.90. The van der Waals surface area contributed by atoms with E-state index in [9.17, 15) is 4.79 Å². The van der Waals surface area contributed by atoms with E-state index in [4.69, 9.17) is 0 Å². The number of piperidine rings is 1. The minimum Gasteiger partial charge on any atom is -0.341 e. The van der Waals surface area contributed by atoms with Crippen LogP contribution in [0.5, 0.6) is 0 Å². The van der Waals surface area contributed by atoms with E-state index in [1.165, 1.54) is 32.1 Å². The predicted molar refractivity (Wildman–Crippen MR) is 87.0 cm³/mol. The van der Waals surface area contributed by atoms with Crippen LogP contribution in [0.2, 0.25) is 0 Å². The van der Waals surface area contributed by atoms with Crippen LogP contribution in [0.3, 0.4) is 0 Å². The predicted octanol–water partition coefficient (Wildman–Crippen LogP) is 2.73. The number of aromatic nitrogens is 2. The highest BCUT2D eigenvalue weighted by atomic mass is 16.2. The van der Waals surface area contributed by atoms with E-state index in [-0.39, 0.29) is 5.91 Å². The highest BCUT2D eigenvalue weighted by molar-refractivity contribution is 5.92. The quantitative estimate of drug-likeness (QED) is 0.843. The van der Waals surface area contributed by atoms with Gasteiger partial charge in [0.05, 0.1) is 0 Å². The number of likely N-dealkylation sites (tertiary alicyclic amines) is 1. The van der Waals surface area contributed by atoms with E-state index < -0.39 is 0 Å². The van der Waals surface area contributed by atoms with Gasteiger partial charge in [-0.1, -0.05) is 19.8 Å². The molecular formula is C17H26N4O. The van der Waals surface area contributed by atoms with Gasteiger partial charge in [0, 0.05) is 32.4 Å². The van der Waals surface area contributed by atoms with Crippen molar-refractivity contribution >= 4 is 11.9 Å². The lowest BCUT2D eigenvalue weighted by Crippen LogP contribution is -2.39. The van der Waals surface area contributed by atoms with E-state index in [0.717, 1.165) is 38.5 Å². The molecule has 5 nitrogen and oxygen atoms in total. The smallest absolute Gasteiger partial charge is 0.272 e. The molecule has 22 heavy (non-hydrogen) atoms. The molecule has 2 fully saturated rings. The molecular weight excluding hydrogens is 276 g/mol. The summed E-state index contributed by atoms with van der Waals surface area (Å²) in [7, 11) is 0. The van der Waals surface area contributed by atoms with Crippen LogP contribution < -0.4 is 4.90 Å². The zero-order valence-corrected chi connectivity index (χ0v) is 13.5. The van der Waals surface area contributed by atoms with E-state index in [1.54, 1.807) is 12.3 Å². The maximum Gasteiger partial charge on any atom is 0.272 e. The fourth-order valence-electron chi connectivity index (χ4n) is 3.43. The number of hydrogen-bond donors (Lipinski definition) is 0. The van der Waals surface area contributed by atoms with Crippen LogP contribution in [0.15, 0.2) is 12.3 Å². The number of nitrogens with zero attached hydrogens (tertiary/aromatic N) is 4. The summed E-state index contributed by atoms with van der Waals surface area (Å²) in [6, 6.07) is 1.75. The first-order valence-corrected chi connectivity index (χ1v) is 8.61. The largest absolute Gasteiger partial charge is 0.341 e. The average Bonchev–Trinajstić information content (AvgIpc) is 2.83. The first-order valence-electron chi connectivity index (χ1n) is 8.61. The zero-order chi connectivity index (χ0) is 15.4. The summed E-state index contributed by atoms with van der Waals surface area (Å²) in [5, 5.41) is 0. The van der Waals surface area contributed by atoms with Crippen LogP contribution in [0.1, 0.15) is 55.9 Å². The number of carbonyl (C=O) groups is 1. The van der Waals surface area contributed by atoms with E-state index in [1.807, 2.05) is 4.90 Å². The Labute approximate surface area is 132 Å². The summed E-state index contributed by atoms with van der Waals surface area (Å²) in [5.41, 5.74) is 0.545. The van der Waals surface area contributed by atoms with Crippen molar-refractivity contribution in [2.75, 3.05) is 31.1 Å². The molecule has 5 heteroatoms. The van der Waals surface area contributed by atoms with Gasteiger partial charge in [0.2, 0.25) is 5.95 Å². The number of rotatable bonds is 2. The molecule has 0 aliphatic carbocycles. The third-order valence-corrected chi connectivity index (χ3v) is 4.70. The SMILES string of the molecule is CC1CCCN(C(=O)c2ccnc(N3CCCCCC3)n2)C1. The third-order valence-electron chi connectivity index (χ3n) is 4.70. The van der Waals surface area contributed by atoms with E-state index in [2.05, 4.69) is 21.8 Å². The highest BCUT2D eigenvalue weighted by Gasteiger charge is 2.23. The van der Waals surface area contributed by atoms with Gasteiger partial charge in [0.25, 0.3) is 5.91 Å². The van der Waals surface area contributed by atoms with E-state index >= 15 is 0 Å². The molecule has 0 radical (unpaired) electrons. The fourth-order valence-corrected chi connectivity index (χ4v) is 3.43. The van der Waals surface area contributed by atoms with Crippen molar-refractivity contribution in [2.24, 2.45) is 5.92 Å². The maximum absolute atomic E-state index is 12.7. The second-order valence-corrected chi connectivity index (χ2v) is 6.64. The topological polar surface area (TPSA) is 49.3 Å². The van der Waals surface area contributed by atoms with Gasteiger partial charge >= 0.3 is 0 Å². The Bertz CT molecular complexity index is 511. The van der Waals surface area contributed by atoms with Crippen molar-refractivity contribution in [3.63, 3.8) is 0 Å². The normalized spacial score (nSPS) is 23.2. The summed E-state index contributed by atoms with van der Waals surface area (Å²) in [6.07, 6.45) is 8.97. The molecule has 0 aromatic carbocycles. The Morgan fingerprint density at radius 2 is 1.91 bits per heavy atom. The second-order valence-electron chi connectivity index (χ2n) is 6.64. The Balaban J connectivity index is 1.73. The van der Waals surface area contributed by atoms with Gasteiger partial charge in [-0.25, -0.2) is 9.97 Å². The second kappa shape index (κ2) is 7.07. The molecule has 1 aromatic heterocycles. The molecule has 0 N–H and O–H groups in total. The van der Waals surface area contributed by atoms with Crippen molar-refractivity contribution < 1.29 is 4.79 Å². The molecule has 2 saturated heterocycles. The minimum absolute atomic E-state index is 0.0602. The van der Waals surface area contributed by atoms with Crippen LogP contribution >= 0.6 is 0 Å². The van der Waals surface area contributed by atoms with Crippen molar-refractivity contribution in [2.45, 2.75) is 45.4 Å². The number of carbonyl (C=O) groups excluding carboxylic acids is 1. The summed E-state index contributed by atoms with van der Waals surface area (Å²) < 4.78 is 0. The van der Waals surface area contributed by atoms with Gasteiger partial charge in [-0.15, -0.1) is 0 Å². The standard InChI is InChI=1S/C17H26N4O/c1-14-7-6-12-21(13-14)16(22)15-8-9-18-17(19-15)20-10-4-2-3-5-11-20/h8-9,14H,2-7,10-13H2,1H3. The van der Waals surface area contributed by atoms with Crippen LogP contribution in [0.25, 0.3) is 0 Å². The molecule has 0 spiro atoms. The molecule has 1 amide bonds. The molecule has 0 saturated carbocycles. The number of anilines is 1. The summed E-state index contributed by atoms with van der Waals surface area (Å²) in [6.45, 7) is 5.91. The van der Waals surface area contributed by atoms with Gasteiger partial charge in [0.1, 0.15) is 5.69 Å². The van der Waals surface area contributed by atoms with Crippen LogP contribution in [0, 0.1) is 5.92 Å². The Hall–Kier alpha value is -1.65. The van der Waals surface area contributed by atoms with Gasteiger partial charge in [0.15, 0.2) is 0 Å². The van der Waals surface area contributed by atoms with Crippen LogP contribution in [0.4, 0.5) is 5.95 Å². The lowest BCUT2D eigenvalue weighted by molar-refractivity contribution is 0.0677. The lowest BCUT2D eigenvalue weighted by atomic mass is 10.00. The average molecular weight is 302 g/mol. The van der Waals surface area contributed by atoms with Crippen LogP contribution in [-0.4, -0.2) is 47.0 Å². The van der Waals surface area contributed by atoms with Crippen molar-refractivity contribution in [3.05, 3.63) is 18.0 Å². The number of amides is 1. The van der Waals surface area contributed by atoms with Crippen LogP contribution in [-0.2, 0) is 0 Å². The molecule has 1 unspecified atom stereocenters. The van der Waals surface area contributed by atoms with Crippen molar-refractivity contribution in [1.82, 2.24) is 14.9 Å². The molecule has 2 aliphatic heterocycles. The van der Waals surface area contributed by atoms with Gasteiger partial charge in [-0.2, -0.15) is 0 Å². The monoisotopic (exact) mass is 302 g/mol. The third kappa shape index (κ3) is 3.57. The summed E-state index contributed by atoms with van der Waals surface area (Å²) in [5.74, 6) is 1.37. The van der Waals surface area contributed by atoms with Gasteiger partial charge in [-0.05, 0) is 37.7 Å². The number of hydrogen-bond acceptors (Lipinski definition) is 4. The first kappa shape index (κ1) is 15.3. The molecule has 2 aliphatic rings. The minimum atomic E-state index is 0.0602. The molecule has 1 aromatic rings.